The third-order valence-corrected chi connectivity index (χ3v) is 6.49. The quantitative estimate of drug-likeness (QED) is 0.699. The fourth-order valence-corrected chi connectivity index (χ4v) is 4.60. The van der Waals surface area contributed by atoms with Gasteiger partial charge in [0.1, 0.15) is 0 Å². The summed E-state index contributed by atoms with van der Waals surface area (Å²) >= 11 is 0. The molecule has 0 bridgehead atoms. The number of anilines is 1. The summed E-state index contributed by atoms with van der Waals surface area (Å²) in [6.07, 6.45) is 7.39. The Morgan fingerprint density at radius 3 is 2.41 bits per heavy atom. The van der Waals surface area contributed by atoms with E-state index >= 15 is 0 Å². The lowest BCUT2D eigenvalue weighted by Gasteiger charge is -2.21. The molecule has 0 saturated carbocycles. The number of carbonyl (C=O) groups excluding carboxylic acids is 1. The number of benzene rings is 2. The monoisotopic (exact) mass is 412 g/mol. The summed E-state index contributed by atoms with van der Waals surface area (Å²) < 4.78 is 25.1. The molecule has 3 rings (SSSR count). The molecule has 0 radical (unpaired) electrons. The van der Waals surface area contributed by atoms with Gasteiger partial charge in [0.2, 0.25) is 10.0 Å². The molecule has 1 N–H and O–H groups in total. The minimum atomic E-state index is -3.41. The average Bonchev–Trinajstić information content (AvgIpc) is 2.71. The first-order valence-corrected chi connectivity index (χ1v) is 11.8. The highest BCUT2D eigenvalue weighted by molar-refractivity contribution is 7.92. The van der Waals surface area contributed by atoms with Crippen LogP contribution in [0.25, 0.3) is 0 Å². The molecular weight excluding hydrogens is 384 g/mol. The van der Waals surface area contributed by atoms with Crippen LogP contribution in [0.4, 0.5) is 5.69 Å². The molecule has 2 aromatic rings. The van der Waals surface area contributed by atoms with E-state index in [1.807, 2.05) is 6.92 Å². The zero-order valence-corrected chi connectivity index (χ0v) is 17.8. The number of nitrogens with zero attached hydrogens (tertiary/aromatic N) is 1. The van der Waals surface area contributed by atoms with E-state index in [0.717, 1.165) is 24.7 Å². The van der Waals surface area contributed by atoms with E-state index in [-0.39, 0.29) is 18.5 Å². The topological polar surface area (TPSA) is 66.5 Å². The van der Waals surface area contributed by atoms with Crippen molar-refractivity contribution in [3.63, 3.8) is 0 Å². The van der Waals surface area contributed by atoms with Gasteiger partial charge in [-0.15, -0.1) is 6.58 Å². The Labute approximate surface area is 173 Å². The number of fused-ring (bicyclic) bond motifs is 1. The van der Waals surface area contributed by atoms with E-state index in [4.69, 9.17) is 0 Å². The second-order valence-corrected chi connectivity index (χ2v) is 9.47. The van der Waals surface area contributed by atoms with E-state index in [9.17, 15) is 13.2 Å². The number of aryl methyl sites for hydroxylation is 2. The van der Waals surface area contributed by atoms with Crippen molar-refractivity contribution in [1.29, 1.82) is 0 Å². The van der Waals surface area contributed by atoms with Crippen molar-refractivity contribution in [2.24, 2.45) is 0 Å². The number of nitrogens with one attached hydrogen (secondary N) is 1. The first kappa shape index (κ1) is 21.1. The molecule has 1 aliphatic carbocycles. The van der Waals surface area contributed by atoms with Crippen LogP contribution in [0.1, 0.15) is 52.9 Å². The maximum absolute atomic E-state index is 12.7. The van der Waals surface area contributed by atoms with Crippen molar-refractivity contribution in [1.82, 2.24) is 5.32 Å². The Bertz CT molecular complexity index is 997. The number of rotatable bonds is 7. The van der Waals surface area contributed by atoms with Crippen LogP contribution in [0.3, 0.4) is 0 Å². The van der Waals surface area contributed by atoms with E-state index < -0.39 is 10.0 Å². The highest BCUT2D eigenvalue weighted by Gasteiger charge is 2.18. The molecule has 6 heteroatoms. The molecule has 29 heavy (non-hydrogen) atoms. The van der Waals surface area contributed by atoms with Gasteiger partial charge in [0, 0.05) is 5.56 Å². The SMILES string of the molecule is C=CCN(c1ccc(C(=O)NC(C)c2ccc3c(c2)CCCC3)cc1)S(C)(=O)=O. The summed E-state index contributed by atoms with van der Waals surface area (Å²) in [5.74, 6) is -0.184. The summed E-state index contributed by atoms with van der Waals surface area (Å²) in [4.78, 5) is 12.7. The Kier molecular flexibility index (Phi) is 6.42. The van der Waals surface area contributed by atoms with Gasteiger partial charge in [-0.05, 0) is 73.6 Å². The molecule has 1 amide bonds. The predicted molar refractivity (Wildman–Crippen MR) is 118 cm³/mol. The van der Waals surface area contributed by atoms with Crippen LogP contribution in [0.5, 0.6) is 0 Å². The van der Waals surface area contributed by atoms with Gasteiger partial charge in [0.15, 0.2) is 0 Å². The van der Waals surface area contributed by atoms with Crippen molar-refractivity contribution in [2.45, 2.75) is 38.6 Å². The minimum absolute atomic E-state index is 0.109. The molecule has 0 spiro atoms. The summed E-state index contributed by atoms with van der Waals surface area (Å²) in [5.41, 5.74) is 4.91. The summed E-state index contributed by atoms with van der Waals surface area (Å²) in [6, 6.07) is 12.9. The van der Waals surface area contributed by atoms with Gasteiger partial charge in [-0.1, -0.05) is 24.3 Å². The molecule has 1 aliphatic rings. The second kappa shape index (κ2) is 8.82. The van der Waals surface area contributed by atoms with E-state index in [1.54, 1.807) is 24.3 Å². The van der Waals surface area contributed by atoms with Gasteiger partial charge in [-0.3, -0.25) is 9.10 Å². The van der Waals surface area contributed by atoms with Crippen LogP contribution in [0.2, 0.25) is 0 Å². The molecule has 2 aromatic carbocycles. The van der Waals surface area contributed by atoms with Gasteiger partial charge in [0.25, 0.3) is 5.91 Å². The first-order chi connectivity index (χ1) is 13.8. The van der Waals surface area contributed by atoms with Crippen LogP contribution in [0, 0.1) is 0 Å². The number of amides is 1. The van der Waals surface area contributed by atoms with Crippen molar-refractivity contribution < 1.29 is 13.2 Å². The standard InChI is InChI=1S/C23H28N2O3S/c1-4-15-25(29(3,27)28)22-13-11-19(12-14-22)23(26)24-17(2)20-10-9-18-7-5-6-8-21(18)16-20/h4,9-14,16-17H,1,5-8,15H2,2-3H3,(H,24,26). The summed E-state index contributed by atoms with van der Waals surface area (Å²) in [5, 5.41) is 3.04. The predicted octanol–water partition coefficient (Wildman–Crippen LogP) is 4.01. The van der Waals surface area contributed by atoms with Gasteiger partial charge < -0.3 is 5.32 Å². The molecule has 0 fully saturated rings. The van der Waals surface area contributed by atoms with Crippen LogP contribution in [-0.2, 0) is 22.9 Å². The fraction of sp³-hybridized carbons (Fsp3) is 0.348. The smallest absolute Gasteiger partial charge is 0.251 e. The number of carbonyl (C=O) groups is 1. The minimum Gasteiger partial charge on any atom is -0.346 e. The molecule has 1 atom stereocenters. The normalized spacial score (nSPS) is 14.6. The molecule has 0 aliphatic heterocycles. The first-order valence-electron chi connectivity index (χ1n) is 9.91. The fourth-order valence-electron chi connectivity index (χ4n) is 3.71. The largest absolute Gasteiger partial charge is 0.346 e. The van der Waals surface area contributed by atoms with Gasteiger partial charge >= 0.3 is 0 Å². The second-order valence-electron chi connectivity index (χ2n) is 7.56. The van der Waals surface area contributed by atoms with Crippen molar-refractivity contribution in [3.05, 3.63) is 77.4 Å². The Balaban J connectivity index is 1.71. The number of sulfonamides is 1. The third-order valence-electron chi connectivity index (χ3n) is 5.33. The maximum atomic E-state index is 12.7. The van der Waals surface area contributed by atoms with Crippen molar-refractivity contribution >= 4 is 21.6 Å². The molecule has 0 heterocycles. The molecule has 154 valence electrons. The molecule has 1 unspecified atom stereocenters. The zero-order valence-electron chi connectivity index (χ0n) is 17.0. The van der Waals surface area contributed by atoms with Crippen LogP contribution in [0.15, 0.2) is 55.1 Å². The number of hydrogen-bond donors (Lipinski definition) is 1. The van der Waals surface area contributed by atoms with Gasteiger partial charge in [-0.25, -0.2) is 8.42 Å². The highest BCUT2D eigenvalue weighted by atomic mass is 32.2. The summed E-state index contributed by atoms with van der Waals surface area (Å²) in [6.45, 7) is 5.76. The molecule has 0 saturated heterocycles. The van der Waals surface area contributed by atoms with Crippen LogP contribution in [-0.4, -0.2) is 27.1 Å². The Hall–Kier alpha value is -2.60. The third kappa shape index (κ3) is 5.07. The molecule has 0 aromatic heterocycles. The van der Waals surface area contributed by atoms with E-state index in [1.165, 1.54) is 34.3 Å². The Morgan fingerprint density at radius 1 is 1.14 bits per heavy atom. The Morgan fingerprint density at radius 2 is 1.79 bits per heavy atom. The zero-order chi connectivity index (χ0) is 21.0. The average molecular weight is 413 g/mol. The van der Waals surface area contributed by atoms with Crippen molar-refractivity contribution in [2.75, 3.05) is 17.1 Å². The van der Waals surface area contributed by atoms with Crippen molar-refractivity contribution in [3.8, 4) is 0 Å². The molecule has 5 nitrogen and oxygen atoms in total. The lowest BCUT2D eigenvalue weighted by molar-refractivity contribution is 0.0940. The lowest BCUT2D eigenvalue weighted by atomic mass is 9.89. The molecular formula is C23H28N2O3S. The van der Waals surface area contributed by atoms with E-state index in [0.29, 0.717) is 11.3 Å². The van der Waals surface area contributed by atoms with Crippen LogP contribution >= 0.6 is 0 Å². The van der Waals surface area contributed by atoms with Crippen LogP contribution < -0.4 is 9.62 Å². The van der Waals surface area contributed by atoms with Gasteiger partial charge in [-0.2, -0.15) is 0 Å². The summed E-state index contributed by atoms with van der Waals surface area (Å²) in [7, 11) is -3.41. The maximum Gasteiger partial charge on any atom is 0.251 e. The lowest BCUT2D eigenvalue weighted by Crippen LogP contribution is -2.30. The number of hydrogen-bond acceptors (Lipinski definition) is 3. The van der Waals surface area contributed by atoms with E-state index in [2.05, 4.69) is 30.1 Å². The van der Waals surface area contributed by atoms with Gasteiger partial charge in [0.05, 0.1) is 24.5 Å². The highest BCUT2D eigenvalue weighted by Crippen LogP contribution is 2.25.